The number of halogens is 4. The first-order valence-corrected chi connectivity index (χ1v) is 8.23. The zero-order valence-electron chi connectivity index (χ0n) is 11.6. The molecule has 0 atom stereocenters. The summed E-state index contributed by atoms with van der Waals surface area (Å²) in [5, 5.41) is 2.57. The maximum atomic E-state index is 13.4. The second kappa shape index (κ2) is 8.26. The average molecular weight is 361 g/mol. The molecule has 2 rings (SSSR count). The Balaban J connectivity index is 1.87. The molecule has 0 saturated carbocycles. The van der Waals surface area contributed by atoms with Crippen LogP contribution in [-0.4, -0.2) is 17.4 Å². The van der Waals surface area contributed by atoms with Crippen molar-refractivity contribution in [2.45, 2.75) is 15.5 Å². The fraction of sp³-hybridized carbons (Fsp3) is 0.133. The van der Waals surface area contributed by atoms with Crippen LogP contribution < -0.4 is 5.32 Å². The van der Waals surface area contributed by atoms with Gasteiger partial charge in [0.05, 0.1) is 5.75 Å². The van der Waals surface area contributed by atoms with E-state index in [4.69, 9.17) is 0 Å². The third-order valence-electron chi connectivity index (χ3n) is 2.62. The van der Waals surface area contributed by atoms with Gasteiger partial charge in [-0.05, 0) is 36.4 Å². The van der Waals surface area contributed by atoms with Crippen LogP contribution in [0.2, 0.25) is 0 Å². The predicted octanol–water partition coefficient (Wildman–Crippen LogP) is 5.01. The van der Waals surface area contributed by atoms with E-state index >= 15 is 0 Å². The molecule has 0 fully saturated rings. The molecule has 2 aromatic carbocycles. The van der Waals surface area contributed by atoms with Crippen molar-refractivity contribution >= 4 is 35.1 Å². The molecular weight excluding hydrogens is 350 g/mol. The molecule has 122 valence electrons. The minimum atomic E-state index is -2.50. The van der Waals surface area contributed by atoms with Crippen molar-refractivity contribution < 1.29 is 22.4 Å². The third kappa shape index (κ3) is 5.80. The quantitative estimate of drug-likeness (QED) is 0.579. The highest BCUT2D eigenvalue weighted by molar-refractivity contribution is 8.00. The lowest BCUT2D eigenvalue weighted by Crippen LogP contribution is -2.14. The highest BCUT2D eigenvalue weighted by atomic mass is 32.2. The maximum Gasteiger partial charge on any atom is 0.288 e. The summed E-state index contributed by atoms with van der Waals surface area (Å²) in [7, 11) is 0. The largest absolute Gasteiger partial charge is 0.325 e. The van der Waals surface area contributed by atoms with Crippen LogP contribution in [0.15, 0.2) is 52.3 Å². The number of carbonyl (C=O) groups is 1. The molecule has 0 aliphatic rings. The van der Waals surface area contributed by atoms with Crippen LogP contribution in [-0.2, 0) is 4.79 Å². The van der Waals surface area contributed by atoms with Gasteiger partial charge < -0.3 is 5.32 Å². The van der Waals surface area contributed by atoms with Crippen LogP contribution in [0, 0.1) is 11.6 Å². The van der Waals surface area contributed by atoms with Crippen LogP contribution in [0.25, 0.3) is 0 Å². The highest BCUT2D eigenvalue weighted by Gasteiger charge is 2.09. The Bertz CT molecular complexity index is 680. The molecule has 0 saturated heterocycles. The normalized spacial score (nSPS) is 10.8. The number of carbonyl (C=O) groups excluding carboxylic acids is 1. The zero-order chi connectivity index (χ0) is 16.8. The number of rotatable bonds is 6. The van der Waals surface area contributed by atoms with E-state index in [0.29, 0.717) is 22.3 Å². The molecule has 1 N–H and O–H groups in total. The van der Waals surface area contributed by atoms with Gasteiger partial charge in [-0.2, -0.15) is 8.78 Å². The molecule has 1 amide bonds. The van der Waals surface area contributed by atoms with Crippen LogP contribution in [0.3, 0.4) is 0 Å². The molecule has 0 bridgehead atoms. The fourth-order valence-corrected chi connectivity index (χ4v) is 2.87. The van der Waals surface area contributed by atoms with Gasteiger partial charge in [-0.3, -0.25) is 4.79 Å². The fourth-order valence-electron chi connectivity index (χ4n) is 1.65. The Kier molecular flexibility index (Phi) is 6.35. The number of hydrogen-bond acceptors (Lipinski definition) is 3. The molecule has 0 radical (unpaired) electrons. The van der Waals surface area contributed by atoms with Gasteiger partial charge in [-0.15, -0.1) is 11.8 Å². The summed E-state index contributed by atoms with van der Waals surface area (Å²) in [6.07, 6.45) is 0. The van der Waals surface area contributed by atoms with Gasteiger partial charge in [-0.25, -0.2) is 8.78 Å². The number of alkyl halides is 2. The molecule has 8 heteroatoms. The van der Waals surface area contributed by atoms with Crippen molar-refractivity contribution in [3.05, 3.63) is 54.1 Å². The van der Waals surface area contributed by atoms with Gasteiger partial charge in [0.15, 0.2) is 0 Å². The summed E-state index contributed by atoms with van der Waals surface area (Å²) in [6, 6.07) is 9.08. The molecule has 23 heavy (non-hydrogen) atoms. The van der Waals surface area contributed by atoms with Crippen LogP contribution in [0.1, 0.15) is 0 Å². The van der Waals surface area contributed by atoms with Crippen molar-refractivity contribution in [2.75, 3.05) is 11.1 Å². The minimum Gasteiger partial charge on any atom is -0.325 e. The van der Waals surface area contributed by atoms with Gasteiger partial charge in [-0.1, -0.05) is 11.8 Å². The topological polar surface area (TPSA) is 29.1 Å². The Hall–Kier alpha value is -1.67. The Morgan fingerprint density at radius 2 is 1.78 bits per heavy atom. The van der Waals surface area contributed by atoms with Gasteiger partial charge >= 0.3 is 0 Å². The molecule has 0 spiro atoms. The second-order valence-electron chi connectivity index (χ2n) is 4.31. The average Bonchev–Trinajstić information content (AvgIpc) is 2.48. The molecule has 0 heterocycles. The van der Waals surface area contributed by atoms with Crippen LogP contribution in [0.5, 0.6) is 0 Å². The van der Waals surface area contributed by atoms with E-state index in [0.717, 1.165) is 23.9 Å². The Morgan fingerprint density at radius 1 is 1.09 bits per heavy atom. The SMILES string of the molecule is O=C(CSc1ccc(F)cc1F)Nc1ccc(SC(F)F)cc1. The lowest BCUT2D eigenvalue weighted by atomic mass is 10.3. The highest BCUT2D eigenvalue weighted by Crippen LogP contribution is 2.26. The Morgan fingerprint density at radius 3 is 2.39 bits per heavy atom. The molecule has 2 nitrogen and oxygen atoms in total. The van der Waals surface area contributed by atoms with E-state index in [1.54, 1.807) is 0 Å². The molecule has 0 unspecified atom stereocenters. The minimum absolute atomic E-state index is 0.0594. The van der Waals surface area contributed by atoms with E-state index in [1.807, 2.05) is 0 Å². The standard InChI is InChI=1S/C15H11F4NOS2/c16-9-1-6-13(12(17)7-9)22-8-14(21)20-10-2-4-11(5-3-10)23-15(18)19/h1-7,15H,8H2,(H,20,21). The first kappa shape index (κ1) is 17.7. The van der Waals surface area contributed by atoms with Crippen molar-refractivity contribution in [3.8, 4) is 0 Å². The van der Waals surface area contributed by atoms with E-state index in [-0.39, 0.29) is 16.6 Å². The lowest BCUT2D eigenvalue weighted by molar-refractivity contribution is -0.113. The molecular formula is C15H11F4NOS2. The lowest BCUT2D eigenvalue weighted by Gasteiger charge is -2.07. The van der Waals surface area contributed by atoms with Gasteiger partial charge in [0.2, 0.25) is 5.91 Å². The number of nitrogens with one attached hydrogen (secondary N) is 1. The summed E-state index contributed by atoms with van der Waals surface area (Å²) in [6.45, 7) is 0. The van der Waals surface area contributed by atoms with E-state index < -0.39 is 17.4 Å². The first-order chi connectivity index (χ1) is 10.9. The molecule has 0 aliphatic heterocycles. The summed E-state index contributed by atoms with van der Waals surface area (Å²) in [5.41, 5.74) is 0.453. The second-order valence-corrected chi connectivity index (χ2v) is 6.40. The number of hydrogen-bond donors (Lipinski definition) is 1. The van der Waals surface area contributed by atoms with Gasteiger partial charge in [0.25, 0.3) is 5.76 Å². The van der Waals surface area contributed by atoms with E-state index in [9.17, 15) is 22.4 Å². The Labute approximate surface area is 138 Å². The summed E-state index contributed by atoms with van der Waals surface area (Å²) in [5.74, 6) is -4.35. The predicted molar refractivity (Wildman–Crippen MR) is 84.0 cm³/mol. The van der Waals surface area contributed by atoms with Crippen molar-refractivity contribution in [1.29, 1.82) is 0 Å². The van der Waals surface area contributed by atoms with E-state index in [1.165, 1.54) is 30.3 Å². The monoisotopic (exact) mass is 361 g/mol. The van der Waals surface area contributed by atoms with Crippen LogP contribution >= 0.6 is 23.5 Å². The van der Waals surface area contributed by atoms with Crippen molar-refractivity contribution in [3.63, 3.8) is 0 Å². The first-order valence-electron chi connectivity index (χ1n) is 6.36. The molecule has 0 aromatic heterocycles. The maximum absolute atomic E-state index is 13.4. The van der Waals surface area contributed by atoms with Crippen LogP contribution in [0.4, 0.5) is 23.2 Å². The summed E-state index contributed by atoms with van der Waals surface area (Å²) >= 11 is 1.35. The number of anilines is 1. The molecule has 0 aliphatic carbocycles. The number of benzene rings is 2. The van der Waals surface area contributed by atoms with Crippen molar-refractivity contribution in [2.24, 2.45) is 0 Å². The smallest absolute Gasteiger partial charge is 0.288 e. The van der Waals surface area contributed by atoms with Gasteiger partial charge in [0.1, 0.15) is 11.6 Å². The third-order valence-corrected chi connectivity index (χ3v) is 4.39. The molecule has 2 aromatic rings. The number of thioether (sulfide) groups is 2. The summed E-state index contributed by atoms with van der Waals surface area (Å²) < 4.78 is 50.6. The zero-order valence-corrected chi connectivity index (χ0v) is 13.2. The van der Waals surface area contributed by atoms with Gasteiger partial charge in [0, 0.05) is 21.5 Å². The van der Waals surface area contributed by atoms with Crippen molar-refractivity contribution in [1.82, 2.24) is 0 Å². The van der Waals surface area contributed by atoms with E-state index in [2.05, 4.69) is 5.32 Å². The number of amides is 1. The summed E-state index contributed by atoms with van der Waals surface area (Å²) in [4.78, 5) is 12.3.